The monoisotopic (exact) mass is 363 g/mol. The minimum absolute atomic E-state index is 0.0558. The molecule has 1 heterocycles. The van der Waals surface area contributed by atoms with Gasteiger partial charge in [0.25, 0.3) is 0 Å². The number of amides is 2. The highest BCUT2D eigenvalue weighted by atomic mass is 32.2. The Labute approximate surface area is 155 Å². The summed E-state index contributed by atoms with van der Waals surface area (Å²) in [6, 6.07) is 6.50. The molecule has 0 aromatic heterocycles. The fourth-order valence-electron chi connectivity index (χ4n) is 2.82. The Hall–Kier alpha value is -1.53. The summed E-state index contributed by atoms with van der Waals surface area (Å²) in [5, 5.41) is 2.91. The zero-order valence-corrected chi connectivity index (χ0v) is 16.5. The van der Waals surface area contributed by atoms with Gasteiger partial charge in [-0.3, -0.25) is 14.5 Å². The number of thioether (sulfide) groups is 1. The highest BCUT2D eigenvalue weighted by Gasteiger charge is 2.22. The zero-order valence-electron chi connectivity index (χ0n) is 15.7. The maximum absolute atomic E-state index is 12.4. The van der Waals surface area contributed by atoms with Gasteiger partial charge in [-0.2, -0.15) is 0 Å². The second-order valence-corrected chi connectivity index (χ2v) is 7.95. The Morgan fingerprint density at radius 3 is 2.48 bits per heavy atom. The summed E-state index contributed by atoms with van der Waals surface area (Å²) in [6.45, 7) is 11.4. The second-order valence-electron chi connectivity index (χ2n) is 6.94. The molecule has 0 spiro atoms. The average Bonchev–Trinajstić information content (AvgIpc) is 2.55. The molecule has 0 aliphatic carbocycles. The van der Waals surface area contributed by atoms with Crippen molar-refractivity contribution in [3.05, 3.63) is 29.3 Å². The van der Waals surface area contributed by atoms with Crippen molar-refractivity contribution >= 4 is 23.6 Å². The molecule has 0 atom stereocenters. The van der Waals surface area contributed by atoms with Crippen molar-refractivity contribution in [3.63, 3.8) is 0 Å². The summed E-state index contributed by atoms with van der Waals surface area (Å²) in [6.07, 6.45) is 0. The number of piperazine rings is 1. The lowest BCUT2D eigenvalue weighted by molar-refractivity contribution is -0.130. The lowest BCUT2D eigenvalue weighted by atomic mass is 10.2. The fourth-order valence-corrected chi connectivity index (χ4v) is 3.85. The van der Waals surface area contributed by atoms with Gasteiger partial charge in [0.15, 0.2) is 0 Å². The lowest BCUT2D eigenvalue weighted by Gasteiger charge is -2.34. The van der Waals surface area contributed by atoms with Crippen molar-refractivity contribution < 1.29 is 9.59 Å². The van der Waals surface area contributed by atoms with Gasteiger partial charge in [-0.05, 0) is 39.3 Å². The number of benzene rings is 1. The number of nitrogens with zero attached hydrogens (tertiary/aromatic N) is 2. The van der Waals surface area contributed by atoms with Crippen LogP contribution in [-0.4, -0.2) is 66.1 Å². The maximum atomic E-state index is 12.4. The smallest absolute Gasteiger partial charge is 0.234 e. The fraction of sp³-hybridized carbons (Fsp3) is 0.579. The Morgan fingerprint density at radius 1 is 1.16 bits per heavy atom. The molecular weight excluding hydrogens is 334 g/mol. The molecule has 1 N–H and O–H groups in total. The third-order valence-corrected chi connectivity index (χ3v) is 5.38. The molecule has 0 saturated carbocycles. The molecule has 0 radical (unpaired) electrons. The topological polar surface area (TPSA) is 52.7 Å². The van der Waals surface area contributed by atoms with Crippen LogP contribution in [0.15, 0.2) is 23.1 Å². The van der Waals surface area contributed by atoms with E-state index in [4.69, 9.17) is 0 Å². The van der Waals surface area contributed by atoms with Crippen LogP contribution in [0.4, 0.5) is 0 Å². The molecule has 0 unspecified atom stereocenters. The van der Waals surface area contributed by atoms with Gasteiger partial charge in [0.05, 0.1) is 12.3 Å². The number of carbonyl (C=O) groups is 2. The second kappa shape index (κ2) is 9.25. The van der Waals surface area contributed by atoms with E-state index in [0.717, 1.165) is 13.1 Å². The first-order valence-electron chi connectivity index (χ1n) is 8.84. The van der Waals surface area contributed by atoms with Crippen LogP contribution in [0.25, 0.3) is 0 Å². The van der Waals surface area contributed by atoms with Gasteiger partial charge >= 0.3 is 0 Å². The van der Waals surface area contributed by atoms with Crippen LogP contribution in [0.5, 0.6) is 0 Å². The number of nitrogens with one attached hydrogen (secondary N) is 1. The van der Waals surface area contributed by atoms with Crippen molar-refractivity contribution in [2.75, 3.05) is 38.5 Å². The zero-order chi connectivity index (χ0) is 18.4. The van der Waals surface area contributed by atoms with Gasteiger partial charge in [-0.15, -0.1) is 11.8 Å². The molecule has 25 heavy (non-hydrogen) atoms. The predicted molar refractivity (Wildman–Crippen MR) is 103 cm³/mol. The van der Waals surface area contributed by atoms with Gasteiger partial charge in [-0.1, -0.05) is 17.7 Å². The van der Waals surface area contributed by atoms with Crippen molar-refractivity contribution in [2.24, 2.45) is 0 Å². The first-order chi connectivity index (χ1) is 11.8. The SMILES string of the molecule is Cc1ccc(C)c(SCC(=O)N2CCN(CC(=O)NC(C)C)CC2)c1. The van der Waals surface area contributed by atoms with Crippen molar-refractivity contribution in [2.45, 2.75) is 38.6 Å². The van der Waals surface area contributed by atoms with E-state index >= 15 is 0 Å². The first-order valence-corrected chi connectivity index (χ1v) is 9.83. The molecule has 2 amide bonds. The highest BCUT2D eigenvalue weighted by Crippen LogP contribution is 2.24. The number of carbonyl (C=O) groups excluding carboxylic acids is 2. The minimum Gasteiger partial charge on any atom is -0.353 e. The Bertz CT molecular complexity index is 611. The molecule has 1 aromatic rings. The van der Waals surface area contributed by atoms with Crippen molar-refractivity contribution in [1.29, 1.82) is 0 Å². The average molecular weight is 364 g/mol. The molecular formula is C19H29N3O2S. The van der Waals surface area contributed by atoms with E-state index in [2.05, 4.69) is 42.3 Å². The third kappa shape index (κ3) is 6.36. The minimum atomic E-state index is 0.0558. The highest BCUT2D eigenvalue weighted by molar-refractivity contribution is 8.00. The van der Waals surface area contributed by atoms with E-state index in [9.17, 15) is 9.59 Å². The van der Waals surface area contributed by atoms with Gasteiger partial charge in [0.1, 0.15) is 0 Å². The van der Waals surface area contributed by atoms with Crippen molar-refractivity contribution in [1.82, 2.24) is 15.1 Å². The number of hydrogen-bond donors (Lipinski definition) is 1. The van der Waals surface area contributed by atoms with Gasteiger partial charge < -0.3 is 10.2 Å². The molecule has 6 heteroatoms. The Balaban J connectivity index is 1.75. The van der Waals surface area contributed by atoms with E-state index in [1.165, 1.54) is 16.0 Å². The van der Waals surface area contributed by atoms with E-state index in [0.29, 0.717) is 25.4 Å². The summed E-state index contributed by atoms with van der Waals surface area (Å²) in [5.41, 5.74) is 2.43. The van der Waals surface area contributed by atoms with Crippen LogP contribution in [0.1, 0.15) is 25.0 Å². The molecule has 1 saturated heterocycles. The molecule has 138 valence electrons. The molecule has 0 bridgehead atoms. The Morgan fingerprint density at radius 2 is 1.84 bits per heavy atom. The van der Waals surface area contributed by atoms with Gasteiger partial charge in [0, 0.05) is 37.1 Å². The lowest BCUT2D eigenvalue weighted by Crippen LogP contribution is -2.52. The van der Waals surface area contributed by atoms with Crippen LogP contribution < -0.4 is 5.32 Å². The van der Waals surface area contributed by atoms with Crippen LogP contribution in [0.2, 0.25) is 0 Å². The van der Waals surface area contributed by atoms with Crippen LogP contribution in [0.3, 0.4) is 0 Å². The third-order valence-electron chi connectivity index (χ3n) is 4.24. The molecule has 1 aliphatic rings. The summed E-state index contributed by atoms with van der Waals surface area (Å²) >= 11 is 1.61. The van der Waals surface area contributed by atoms with E-state index in [1.54, 1.807) is 11.8 Å². The summed E-state index contributed by atoms with van der Waals surface area (Å²) in [7, 11) is 0. The van der Waals surface area contributed by atoms with E-state index in [1.807, 2.05) is 18.7 Å². The standard InChI is InChI=1S/C19H29N3O2S/c1-14(2)20-18(23)12-21-7-9-22(10-8-21)19(24)13-25-17-11-15(3)5-6-16(17)4/h5-6,11,14H,7-10,12-13H2,1-4H3,(H,20,23). The maximum Gasteiger partial charge on any atom is 0.234 e. The first kappa shape index (κ1) is 19.8. The number of hydrogen-bond acceptors (Lipinski definition) is 4. The van der Waals surface area contributed by atoms with Gasteiger partial charge in [-0.25, -0.2) is 0 Å². The normalized spacial score (nSPS) is 15.5. The summed E-state index contributed by atoms with van der Waals surface area (Å²) < 4.78 is 0. The molecule has 5 nitrogen and oxygen atoms in total. The molecule has 1 aromatic carbocycles. The predicted octanol–water partition coefficient (Wildman–Crippen LogP) is 2.06. The number of rotatable bonds is 6. The molecule has 1 fully saturated rings. The van der Waals surface area contributed by atoms with Crippen LogP contribution in [-0.2, 0) is 9.59 Å². The van der Waals surface area contributed by atoms with E-state index < -0.39 is 0 Å². The molecule has 2 rings (SSSR count). The van der Waals surface area contributed by atoms with Crippen LogP contribution >= 0.6 is 11.8 Å². The van der Waals surface area contributed by atoms with Crippen molar-refractivity contribution in [3.8, 4) is 0 Å². The van der Waals surface area contributed by atoms with E-state index in [-0.39, 0.29) is 17.9 Å². The molecule has 1 aliphatic heterocycles. The van der Waals surface area contributed by atoms with Gasteiger partial charge in [0.2, 0.25) is 11.8 Å². The van der Waals surface area contributed by atoms with Crippen LogP contribution in [0, 0.1) is 13.8 Å². The summed E-state index contributed by atoms with van der Waals surface area (Å²) in [4.78, 5) is 29.5. The summed E-state index contributed by atoms with van der Waals surface area (Å²) in [5.74, 6) is 0.704. The quantitative estimate of drug-likeness (QED) is 0.786. The number of aryl methyl sites for hydroxylation is 2. The Kier molecular flexibility index (Phi) is 7.32. The largest absolute Gasteiger partial charge is 0.353 e.